The molecular formula is C12H19N5O3. The number of anilines is 1. The first-order valence-electron chi connectivity index (χ1n) is 6.40. The zero-order valence-electron chi connectivity index (χ0n) is 11.6. The lowest BCUT2D eigenvalue weighted by Gasteiger charge is -2.18. The molecule has 3 N–H and O–H groups in total. The molecule has 0 aliphatic heterocycles. The van der Waals surface area contributed by atoms with Crippen LogP contribution in [0, 0.1) is 10.1 Å². The van der Waals surface area contributed by atoms with E-state index >= 15 is 0 Å². The Morgan fingerprint density at radius 1 is 1.50 bits per heavy atom. The van der Waals surface area contributed by atoms with Crippen LogP contribution in [0.1, 0.15) is 24.2 Å². The van der Waals surface area contributed by atoms with Crippen LogP contribution in [0.5, 0.6) is 0 Å². The number of likely N-dealkylation sites (N-methyl/N-ethyl adjacent to an activating group) is 1. The fourth-order valence-corrected chi connectivity index (χ4v) is 1.71. The molecule has 0 fully saturated rings. The molecule has 110 valence electrons. The molecule has 8 heteroatoms. The number of aromatic nitrogens is 1. The molecule has 0 atom stereocenters. The van der Waals surface area contributed by atoms with Crippen molar-refractivity contribution in [3.63, 3.8) is 0 Å². The van der Waals surface area contributed by atoms with E-state index < -0.39 is 10.8 Å². The normalized spacial score (nSPS) is 10.6. The van der Waals surface area contributed by atoms with Crippen molar-refractivity contribution in [1.82, 2.24) is 15.2 Å². The number of nitrogen functional groups attached to an aromatic ring is 1. The number of carbonyl (C=O) groups excluding carboxylic acids is 1. The summed E-state index contributed by atoms with van der Waals surface area (Å²) in [5.41, 5.74) is 5.34. The van der Waals surface area contributed by atoms with E-state index in [-0.39, 0.29) is 17.1 Å². The number of nitrogens with two attached hydrogens (primary N) is 1. The van der Waals surface area contributed by atoms with Gasteiger partial charge in [-0.15, -0.1) is 0 Å². The third-order valence-electron chi connectivity index (χ3n) is 2.97. The third-order valence-corrected chi connectivity index (χ3v) is 2.97. The second-order valence-corrected chi connectivity index (χ2v) is 4.17. The molecule has 1 heterocycles. The van der Waals surface area contributed by atoms with Crippen LogP contribution in [0.2, 0.25) is 0 Å². The highest BCUT2D eigenvalue weighted by molar-refractivity contribution is 5.98. The highest BCUT2D eigenvalue weighted by Crippen LogP contribution is 2.16. The predicted octanol–water partition coefficient (Wildman–Crippen LogP) is 0.644. The van der Waals surface area contributed by atoms with Gasteiger partial charge in [0, 0.05) is 19.2 Å². The molecule has 8 nitrogen and oxygen atoms in total. The van der Waals surface area contributed by atoms with Gasteiger partial charge < -0.3 is 16.0 Å². The van der Waals surface area contributed by atoms with Crippen molar-refractivity contribution in [2.75, 3.05) is 31.9 Å². The molecule has 1 amide bonds. The topological polar surface area (TPSA) is 114 Å². The van der Waals surface area contributed by atoms with Gasteiger partial charge in [-0.3, -0.25) is 14.9 Å². The fourth-order valence-electron chi connectivity index (χ4n) is 1.71. The van der Waals surface area contributed by atoms with Crippen LogP contribution < -0.4 is 11.1 Å². The lowest BCUT2D eigenvalue weighted by molar-refractivity contribution is -0.385. The summed E-state index contributed by atoms with van der Waals surface area (Å²) < 4.78 is 0. The molecule has 0 saturated heterocycles. The minimum atomic E-state index is -0.612. The first-order valence-corrected chi connectivity index (χ1v) is 6.40. The zero-order chi connectivity index (χ0) is 15.1. The largest absolute Gasteiger partial charge is 0.383 e. The average Bonchev–Trinajstić information content (AvgIpc) is 2.43. The standard InChI is InChI=1S/C12H19N5O3/c1-3-16(4-2)6-5-14-12(18)10-7-9(17(19)20)8-15-11(10)13/h7-8H,3-6H2,1-2H3,(H2,13,15)(H,14,18). The summed E-state index contributed by atoms with van der Waals surface area (Å²) in [4.78, 5) is 27.8. The third kappa shape index (κ3) is 4.16. The number of amides is 1. The lowest BCUT2D eigenvalue weighted by Crippen LogP contribution is -2.35. The van der Waals surface area contributed by atoms with Gasteiger partial charge in [-0.1, -0.05) is 13.8 Å². The number of rotatable bonds is 7. The molecule has 1 aromatic heterocycles. The molecule has 0 unspecified atom stereocenters. The summed E-state index contributed by atoms with van der Waals surface area (Å²) in [6.07, 6.45) is 1.03. The lowest BCUT2D eigenvalue weighted by atomic mass is 10.2. The highest BCUT2D eigenvalue weighted by Gasteiger charge is 2.16. The van der Waals surface area contributed by atoms with Gasteiger partial charge in [-0.2, -0.15) is 0 Å². The number of hydrogen-bond acceptors (Lipinski definition) is 6. The smallest absolute Gasteiger partial charge is 0.288 e. The van der Waals surface area contributed by atoms with Gasteiger partial charge in [-0.25, -0.2) is 4.98 Å². The second-order valence-electron chi connectivity index (χ2n) is 4.17. The quantitative estimate of drug-likeness (QED) is 0.560. The fraction of sp³-hybridized carbons (Fsp3) is 0.500. The number of carbonyl (C=O) groups is 1. The van der Waals surface area contributed by atoms with Crippen LogP contribution in [-0.2, 0) is 0 Å². The molecule has 0 aliphatic carbocycles. The van der Waals surface area contributed by atoms with Gasteiger partial charge in [-0.05, 0) is 13.1 Å². The van der Waals surface area contributed by atoms with E-state index in [4.69, 9.17) is 5.73 Å². The van der Waals surface area contributed by atoms with E-state index in [1.807, 2.05) is 13.8 Å². The number of hydrogen-bond donors (Lipinski definition) is 2. The molecule has 0 aromatic carbocycles. The zero-order valence-corrected chi connectivity index (χ0v) is 11.6. The molecule has 20 heavy (non-hydrogen) atoms. The predicted molar refractivity (Wildman–Crippen MR) is 75.4 cm³/mol. The maximum Gasteiger partial charge on any atom is 0.288 e. The molecule has 0 bridgehead atoms. The molecule has 0 saturated carbocycles. The van der Waals surface area contributed by atoms with Crippen molar-refractivity contribution in [3.8, 4) is 0 Å². The van der Waals surface area contributed by atoms with Crippen molar-refractivity contribution in [1.29, 1.82) is 0 Å². The summed E-state index contributed by atoms with van der Waals surface area (Å²) in [6, 6.07) is 1.13. The maximum absolute atomic E-state index is 11.9. The SMILES string of the molecule is CCN(CC)CCNC(=O)c1cc([N+](=O)[O-])cnc1N. The van der Waals surface area contributed by atoms with Crippen LogP contribution in [0.4, 0.5) is 11.5 Å². The number of nitrogens with one attached hydrogen (secondary N) is 1. The molecule has 0 radical (unpaired) electrons. The number of nitro groups is 1. The molecular weight excluding hydrogens is 262 g/mol. The van der Waals surface area contributed by atoms with Gasteiger partial charge in [0.2, 0.25) is 0 Å². The van der Waals surface area contributed by atoms with Gasteiger partial charge >= 0.3 is 0 Å². The van der Waals surface area contributed by atoms with Crippen molar-refractivity contribution < 1.29 is 9.72 Å². The average molecular weight is 281 g/mol. The Labute approximate surface area is 117 Å². The minimum absolute atomic E-state index is 0.0176. The Bertz CT molecular complexity index is 488. The summed E-state index contributed by atoms with van der Waals surface area (Å²) in [5, 5.41) is 13.3. The first kappa shape index (κ1) is 15.8. The summed E-state index contributed by atoms with van der Waals surface area (Å²) in [5.74, 6) is -0.471. The van der Waals surface area contributed by atoms with E-state index in [0.29, 0.717) is 13.1 Å². The van der Waals surface area contributed by atoms with Crippen molar-refractivity contribution in [3.05, 3.63) is 27.9 Å². The van der Waals surface area contributed by atoms with Crippen LogP contribution >= 0.6 is 0 Å². The van der Waals surface area contributed by atoms with Gasteiger partial charge in [0.25, 0.3) is 11.6 Å². The van der Waals surface area contributed by atoms with E-state index in [9.17, 15) is 14.9 Å². The number of pyridine rings is 1. The highest BCUT2D eigenvalue weighted by atomic mass is 16.6. The monoisotopic (exact) mass is 281 g/mol. The van der Waals surface area contributed by atoms with Crippen molar-refractivity contribution in [2.45, 2.75) is 13.8 Å². The van der Waals surface area contributed by atoms with Crippen molar-refractivity contribution >= 4 is 17.4 Å². The Balaban J connectivity index is 2.67. The summed E-state index contributed by atoms with van der Waals surface area (Å²) in [6.45, 7) is 7.02. The Morgan fingerprint density at radius 2 is 2.15 bits per heavy atom. The molecule has 1 rings (SSSR count). The molecule has 0 spiro atoms. The van der Waals surface area contributed by atoms with Crippen LogP contribution in [0.15, 0.2) is 12.3 Å². The van der Waals surface area contributed by atoms with E-state index in [1.54, 1.807) is 0 Å². The van der Waals surface area contributed by atoms with Crippen LogP contribution in [-0.4, -0.2) is 46.9 Å². The van der Waals surface area contributed by atoms with Crippen molar-refractivity contribution in [2.24, 2.45) is 0 Å². The summed E-state index contributed by atoms with van der Waals surface area (Å²) in [7, 11) is 0. The molecule has 0 aliphatic rings. The minimum Gasteiger partial charge on any atom is -0.383 e. The van der Waals surface area contributed by atoms with E-state index in [1.165, 1.54) is 0 Å². The van der Waals surface area contributed by atoms with Gasteiger partial charge in [0.15, 0.2) is 0 Å². The summed E-state index contributed by atoms with van der Waals surface area (Å²) >= 11 is 0. The number of nitrogens with zero attached hydrogens (tertiary/aromatic N) is 3. The van der Waals surface area contributed by atoms with Gasteiger partial charge in [0.05, 0.1) is 10.5 Å². The second kappa shape index (κ2) is 7.39. The Kier molecular flexibility index (Phi) is 5.85. The maximum atomic E-state index is 11.9. The Hall–Kier alpha value is -2.22. The molecule has 1 aromatic rings. The van der Waals surface area contributed by atoms with Crippen LogP contribution in [0.3, 0.4) is 0 Å². The van der Waals surface area contributed by atoms with E-state index in [2.05, 4.69) is 15.2 Å². The first-order chi connectivity index (χ1) is 9.49. The van der Waals surface area contributed by atoms with E-state index in [0.717, 1.165) is 25.4 Å². The van der Waals surface area contributed by atoms with Crippen LogP contribution in [0.25, 0.3) is 0 Å². The Morgan fingerprint density at radius 3 is 2.70 bits per heavy atom. The van der Waals surface area contributed by atoms with Gasteiger partial charge in [0.1, 0.15) is 12.0 Å².